The maximum Gasteiger partial charge on any atom is 0.204 e. The first-order chi connectivity index (χ1) is 14.8. The predicted molar refractivity (Wildman–Crippen MR) is 113 cm³/mol. The van der Waals surface area contributed by atoms with Crippen molar-refractivity contribution in [2.45, 2.75) is 6.54 Å². The average Bonchev–Trinajstić information content (AvgIpc) is 3.43. The molecule has 0 atom stereocenters. The molecule has 5 aromatic rings. The van der Waals surface area contributed by atoms with Crippen LogP contribution in [0.4, 0.5) is 17.3 Å². The molecule has 0 radical (unpaired) electrons. The molecule has 30 heavy (non-hydrogen) atoms. The van der Waals surface area contributed by atoms with Crippen molar-refractivity contribution < 1.29 is 0 Å². The number of benzene rings is 2. The molecule has 3 aromatic heterocycles. The SMILES string of the molecule is Clc1cccc(Nc2ncnc3[nH]nc(NCc4cccc(-c5nn[nH]n5)c4)c23)c1. The van der Waals surface area contributed by atoms with Gasteiger partial charge in [-0.1, -0.05) is 35.9 Å². The number of rotatable bonds is 6. The molecule has 0 fully saturated rings. The molecule has 0 unspecified atom stereocenters. The Morgan fingerprint density at radius 2 is 1.90 bits per heavy atom. The fourth-order valence-corrected chi connectivity index (χ4v) is 3.27. The van der Waals surface area contributed by atoms with Crippen LogP contribution >= 0.6 is 11.6 Å². The summed E-state index contributed by atoms with van der Waals surface area (Å²) in [6, 6.07) is 15.3. The first-order valence-electron chi connectivity index (χ1n) is 9.04. The lowest BCUT2D eigenvalue weighted by atomic mass is 10.1. The van der Waals surface area contributed by atoms with Crippen molar-refractivity contribution in [3.05, 3.63) is 65.4 Å². The van der Waals surface area contributed by atoms with Crippen LogP contribution in [0, 0.1) is 0 Å². The number of aromatic amines is 2. The smallest absolute Gasteiger partial charge is 0.204 e. The van der Waals surface area contributed by atoms with E-state index in [1.165, 1.54) is 6.33 Å². The molecule has 0 saturated carbocycles. The van der Waals surface area contributed by atoms with Gasteiger partial charge in [-0.05, 0) is 35.0 Å². The monoisotopic (exact) mass is 418 g/mol. The van der Waals surface area contributed by atoms with Gasteiger partial charge >= 0.3 is 0 Å². The zero-order valence-electron chi connectivity index (χ0n) is 15.5. The van der Waals surface area contributed by atoms with E-state index in [1.54, 1.807) is 0 Å². The lowest BCUT2D eigenvalue weighted by Gasteiger charge is -2.09. The summed E-state index contributed by atoms with van der Waals surface area (Å²) in [7, 11) is 0. The van der Waals surface area contributed by atoms with Crippen molar-refractivity contribution in [2.75, 3.05) is 10.6 Å². The summed E-state index contributed by atoms with van der Waals surface area (Å²) in [5.41, 5.74) is 3.36. The fourth-order valence-electron chi connectivity index (χ4n) is 3.08. The van der Waals surface area contributed by atoms with Gasteiger partial charge in [0.1, 0.15) is 17.5 Å². The minimum absolute atomic E-state index is 0.539. The summed E-state index contributed by atoms with van der Waals surface area (Å²) in [6.45, 7) is 0.539. The van der Waals surface area contributed by atoms with E-state index in [0.29, 0.717) is 34.7 Å². The Balaban J connectivity index is 1.41. The van der Waals surface area contributed by atoms with E-state index in [2.05, 4.69) is 51.4 Å². The second kappa shape index (κ2) is 7.76. The number of fused-ring (bicyclic) bond motifs is 1. The standard InChI is InChI=1S/C19H15ClN10/c20-13-5-2-6-14(8-13)24-17-15-18(25-26-19(15)23-10-22-17)21-9-11-3-1-4-12(7-11)16-27-29-30-28-16/h1-8,10H,9H2,(H,27,28,29,30)(H3,21,22,23,24,25,26). The van der Waals surface area contributed by atoms with Crippen LogP contribution in [0.2, 0.25) is 5.02 Å². The molecule has 0 spiro atoms. The van der Waals surface area contributed by atoms with E-state index >= 15 is 0 Å². The van der Waals surface area contributed by atoms with Crippen molar-refractivity contribution in [3.8, 4) is 11.4 Å². The Morgan fingerprint density at radius 1 is 0.967 bits per heavy atom. The highest BCUT2D eigenvalue weighted by molar-refractivity contribution is 6.30. The quantitative estimate of drug-likeness (QED) is 0.329. The fraction of sp³-hybridized carbons (Fsp3) is 0.0526. The highest BCUT2D eigenvalue weighted by Crippen LogP contribution is 2.29. The van der Waals surface area contributed by atoms with Gasteiger partial charge in [-0.3, -0.25) is 5.10 Å². The van der Waals surface area contributed by atoms with Gasteiger partial charge < -0.3 is 10.6 Å². The number of nitrogens with one attached hydrogen (secondary N) is 4. The number of H-pyrrole nitrogens is 2. The third kappa shape index (κ3) is 3.63. The van der Waals surface area contributed by atoms with E-state index in [9.17, 15) is 0 Å². The summed E-state index contributed by atoms with van der Waals surface area (Å²) in [5, 5.41) is 29.4. The van der Waals surface area contributed by atoms with Crippen LogP contribution in [0.25, 0.3) is 22.4 Å². The molecule has 148 valence electrons. The van der Waals surface area contributed by atoms with Crippen molar-refractivity contribution in [1.82, 2.24) is 40.8 Å². The number of tetrazole rings is 1. The summed E-state index contributed by atoms with van der Waals surface area (Å²) >= 11 is 6.09. The molecule has 4 N–H and O–H groups in total. The number of hydrogen-bond acceptors (Lipinski definition) is 8. The topological polar surface area (TPSA) is 133 Å². The zero-order valence-corrected chi connectivity index (χ0v) is 16.2. The Morgan fingerprint density at radius 3 is 2.77 bits per heavy atom. The first kappa shape index (κ1) is 18.0. The Bertz CT molecular complexity index is 1300. The van der Waals surface area contributed by atoms with Crippen molar-refractivity contribution >= 4 is 40.0 Å². The summed E-state index contributed by atoms with van der Waals surface area (Å²) in [4.78, 5) is 8.64. The average molecular weight is 419 g/mol. The highest BCUT2D eigenvalue weighted by Gasteiger charge is 2.13. The van der Waals surface area contributed by atoms with E-state index in [-0.39, 0.29) is 0 Å². The zero-order chi connectivity index (χ0) is 20.3. The van der Waals surface area contributed by atoms with Crippen LogP contribution in [0.5, 0.6) is 0 Å². The Labute approximate surface area is 175 Å². The highest BCUT2D eigenvalue weighted by atomic mass is 35.5. The van der Waals surface area contributed by atoms with Gasteiger partial charge in [-0.25, -0.2) is 9.97 Å². The molecule has 3 heterocycles. The summed E-state index contributed by atoms with van der Waals surface area (Å²) in [6.07, 6.45) is 1.48. The molecule has 11 heteroatoms. The molecule has 0 aliphatic heterocycles. The van der Waals surface area contributed by atoms with Crippen LogP contribution in [0.3, 0.4) is 0 Å². The Kier molecular flexibility index (Phi) is 4.66. The van der Waals surface area contributed by atoms with E-state index in [0.717, 1.165) is 22.2 Å². The number of hydrogen-bond donors (Lipinski definition) is 4. The van der Waals surface area contributed by atoms with Crippen LogP contribution in [0.15, 0.2) is 54.9 Å². The molecule has 0 saturated heterocycles. The molecular formula is C19H15ClN10. The largest absolute Gasteiger partial charge is 0.364 e. The molecule has 10 nitrogen and oxygen atoms in total. The van der Waals surface area contributed by atoms with Crippen molar-refractivity contribution in [1.29, 1.82) is 0 Å². The van der Waals surface area contributed by atoms with E-state index < -0.39 is 0 Å². The van der Waals surface area contributed by atoms with Crippen molar-refractivity contribution in [3.63, 3.8) is 0 Å². The Hall–Kier alpha value is -4.05. The van der Waals surface area contributed by atoms with Gasteiger partial charge in [0.15, 0.2) is 11.5 Å². The van der Waals surface area contributed by atoms with E-state index in [4.69, 9.17) is 11.6 Å². The van der Waals surface area contributed by atoms with Crippen LogP contribution in [-0.4, -0.2) is 40.8 Å². The minimum Gasteiger partial charge on any atom is -0.364 e. The van der Waals surface area contributed by atoms with Gasteiger partial charge in [-0.2, -0.15) is 10.3 Å². The molecule has 5 rings (SSSR count). The molecule has 0 aliphatic carbocycles. The number of anilines is 3. The number of halogens is 1. The van der Waals surface area contributed by atoms with Crippen molar-refractivity contribution in [2.24, 2.45) is 0 Å². The minimum atomic E-state index is 0.539. The van der Waals surface area contributed by atoms with Gasteiger partial charge in [0.05, 0.1) is 0 Å². The van der Waals surface area contributed by atoms with Crippen LogP contribution in [0.1, 0.15) is 5.56 Å². The number of aromatic nitrogens is 8. The summed E-state index contributed by atoms with van der Waals surface area (Å²) in [5.74, 6) is 1.81. The molecule has 0 aliphatic rings. The molecular weight excluding hydrogens is 404 g/mol. The van der Waals surface area contributed by atoms with Crippen LogP contribution < -0.4 is 10.6 Å². The predicted octanol–water partition coefficient (Wildman–Crippen LogP) is 3.54. The van der Waals surface area contributed by atoms with Gasteiger partial charge in [0.2, 0.25) is 5.82 Å². The lowest BCUT2D eigenvalue weighted by Crippen LogP contribution is -2.02. The number of nitrogens with zero attached hydrogens (tertiary/aromatic N) is 6. The summed E-state index contributed by atoms with van der Waals surface area (Å²) < 4.78 is 0. The van der Waals surface area contributed by atoms with Gasteiger partial charge in [-0.15, -0.1) is 10.2 Å². The second-order valence-electron chi connectivity index (χ2n) is 6.44. The molecule has 0 amide bonds. The first-order valence-corrected chi connectivity index (χ1v) is 9.42. The van der Waals surface area contributed by atoms with Gasteiger partial charge in [0.25, 0.3) is 0 Å². The third-order valence-electron chi connectivity index (χ3n) is 4.44. The maximum absolute atomic E-state index is 6.09. The normalized spacial score (nSPS) is 11.0. The molecule has 2 aromatic carbocycles. The van der Waals surface area contributed by atoms with E-state index in [1.807, 2.05) is 48.5 Å². The molecule has 0 bridgehead atoms. The van der Waals surface area contributed by atoms with Crippen LogP contribution in [-0.2, 0) is 6.54 Å². The second-order valence-corrected chi connectivity index (χ2v) is 6.88. The third-order valence-corrected chi connectivity index (χ3v) is 4.67. The lowest BCUT2D eigenvalue weighted by molar-refractivity contribution is 0.881. The maximum atomic E-state index is 6.09. The van der Waals surface area contributed by atoms with Gasteiger partial charge in [0, 0.05) is 22.8 Å².